The van der Waals surface area contributed by atoms with Crippen molar-refractivity contribution in [1.82, 2.24) is 10.3 Å². The molecule has 0 radical (unpaired) electrons. The van der Waals surface area contributed by atoms with E-state index < -0.39 is 17.8 Å². The molecule has 142 valence electrons. The summed E-state index contributed by atoms with van der Waals surface area (Å²) in [4.78, 5) is 17.3. The third-order valence-corrected chi connectivity index (χ3v) is 5.23. The number of aryl methyl sites for hydroxylation is 1. The average molecular weight is 416 g/mol. The lowest BCUT2D eigenvalue weighted by atomic mass is 10.1. The first kappa shape index (κ1) is 19.8. The first-order valence-corrected chi connectivity index (χ1v) is 9.47. The van der Waals surface area contributed by atoms with Crippen molar-refractivity contribution in [2.45, 2.75) is 19.6 Å². The number of carbonyl (C=O) groups excluding carboxylic acids is 1. The zero-order valence-corrected chi connectivity index (χ0v) is 16.4. The summed E-state index contributed by atoms with van der Waals surface area (Å²) in [5.74, 6) is -0.401. The fourth-order valence-corrected chi connectivity index (χ4v) is 3.49. The first-order valence-electron chi connectivity index (χ1n) is 8.27. The molecule has 0 saturated heterocycles. The topological polar surface area (TPSA) is 75.0 Å². The third-order valence-electron chi connectivity index (χ3n) is 3.84. The van der Waals surface area contributed by atoms with Gasteiger partial charge in [-0.2, -0.15) is 5.26 Å². The van der Waals surface area contributed by atoms with Crippen LogP contribution in [-0.2, 0) is 6.61 Å². The van der Waals surface area contributed by atoms with E-state index in [9.17, 15) is 14.4 Å². The zero-order valence-electron chi connectivity index (χ0n) is 14.8. The molecular formula is C20H15ClFN3O2S. The van der Waals surface area contributed by atoms with Gasteiger partial charge in [0.15, 0.2) is 0 Å². The molecule has 1 atom stereocenters. The summed E-state index contributed by atoms with van der Waals surface area (Å²) in [7, 11) is 0. The molecule has 1 heterocycles. The maximum Gasteiger partial charge on any atom is 0.264 e. The van der Waals surface area contributed by atoms with Crippen LogP contribution in [0, 0.1) is 24.1 Å². The highest BCUT2D eigenvalue weighted by atomic mass is 35.5. The highest BCUT2D eigenvalue weighted by Gasteiger charge is 2.21. The number of hydrogen-bond acceptors (Lipinski definition) is 5. The van der Waals surface area contributed by atoms with Crippen molar-refractivity contribution in [3.8, 4) is 11.8 Å². The fraction of sp³-hybridized carbons (Fsp3) is 0.150. The first-order chi connectivity index (χ1) is 13.5. The molecule has 3 rings (SSSR count). The Morgan fingerprint density at radius 1 is 1.32 bits per heavy atom. The molecule has 0 saturated carbocycles. The van der Waals surface area contributed by atoms with Gasteiger partial charge in [-0.3, -0.25) is 4.79 Å². The largest absolute Gasteiger partial charge is 0.486 e. The van der Waals surface area contributed by atoms with Crippen molar-refractivity contribution in [1.29, 1.82) is 5.26 Å². The predicted octanol–water partition coefficient (Wildman–Crippen LogP) is 4.82. The number of carbonyl (C=O) groups is 1. The highest BCUT2D eigenvalue weighted by molar-refractivity contribution is 7.13. The van der Waals surface area contributed by atoms with Gasteiger partial charge in [0.1, 0.15) is 34.1 Å². The Kier molecular flexibility index (Phi) is 6.24. The second kappa shape index (κ2) is 8.83. The van der Waals surface area contributed by atoms with Gasteiger partial charge in [0.05, 0.1) is 11.8 Å². The number of nitrogens with one attached hydrogen (secondary N) is 1. The number of amides is 1. The van der Waals surface area contributed by atoms with Crippen LogP contribution >= 0.6 is 22.9 Å². The maximum absolute atomic E-state index is 13.9. The van der Waals surface area contributed by atoms with E-state index in [2.05, 4.69) is 10.3 Å². The van der Waals surface area contributed by atoms with E-state index in [0.717, 1.165) is 11.3 Å². The molecule has 8 heteroatoms. The van der Waals surface area contributed by atoms with Gasteiger partial charge in [-0.15, -0.1) is 11.3 Å². The number of nitriles is 1. The number of nitrogens with zero attached hydrogens (tertiary/aromatic N) is 2. The number of rotatable bonds is 6. The van der Waals surface area contributed by atoms with E-state index in [1.807, 2.05) is 6.07 Å². The Hall–Kier alpha value is -2.95. The molecule has 2 aromatic carbocycles. The van der Waals surface area contributed by atoms with Crippen molar-refractivity contribution in [2.24, 2.45) is 0 Å². The summed E-state index contributed by atoms with van der Waals surface area (Å²) < 4.78 is 19.6. The number of ether oxygens (including phenoxy) is 1. The predicted molar refractivity (Wildman–Crippen MR) is 105 cm³/mol. The minimum atomic E-state index is -1.09. The SMILES string of the molecule is Cc1nc(COc2ccc(Cl)cc2)sc1C(=O)NC(C#N)c1ccccc1F. The molecule has 1 aromatic heterocycles. The molecule has 5 nitrogen and oxygen atoms in total. The minimum absolute atomic E-state index is 0.117. The van der Waals surface area contributed by atoms with Crippen LogP contribution in [0.4, 0.5) is 4.39 Å². The smallest absolute Gasteiger partial charge is 0.264 e. The van der Waals surface area contributed by atoms with Crippen LogP contribution in [-0.4, -0.2) is 10.9 Å². The van der Waals surface area contributed by atoms with Gasteiger partial charge >= 0.3 is 0 Å². The van der Waals surface area contributed by atoms with E-state index in [0.29, 0.717) is 26.4 Å². The monoisotopic (exact) mass is 415 g/mol. The third kappa shape index (κ3) is 4.66. The molecule has 0 bridgehead atoms. The van der Waals surface area contributed by atoms with Crippen LogP contribution in [0.5, 0.6) is 5.75 Å². The minimum Gasteiger partial charge on any atom is -0.486 e. The lowest BCUT2D eigenvalue weighted by Crippen LogP contribution is -2.28. The van der Waals surface area contributed by atoms with Crippen LogP contribution < -0.4 is 10.1 Å². The average Bonchev–Trinajstić information content (AvgIpc) is 3.07. The lowest BCUT2D eigenvalue weighted by molar-refractivity contribution is 0.0948. The quantitative estimate of drug-likeness (QED) is 0.626. The maximum atomic E-state index is 13.9. The molecule has 1 amide bonds. The van der Waals surface area contributed by atoms with Crippen molar-refractivity contribution >= 4 is 28.8 Å². The van der Waals surface area contributed by atoms with E-state index in [1.165, 1.54) is 18.2 Å². The summed E-state index contributed by atoms with van der Waals surface area (Å²) in [6.45, 7) is 1.89. The molecule has 0 aliphatic rings. The molecule has 28 heavy (non-hydrogen) atoms. The molecule has 0 spiro atoms. The Morgan fingerprint density at radius 3 is 2.71 bits per heavy atom. The molecule has 0 fully saturated rings. The van der Waals surface area contributed by atoms with Gasteiger partial charge in [0.2, 0.25) is 0 Å². The summed E-state index contributed by atoms with van der Waals surface area (Å²) in [5.41, 5.74) is 0.634. The summed E-state index contributed by atoms with van der Waals surface area (Å²) in [6.07, 6.45) is 0. The molecule has 1 N–H and O–H groups in total. The summed E-state index contributed by atoms with van der Waals surface area (Å²) in [6, 6.07) is 13.6. The number of thiazole rings is 1. The van der Waals surface area contributed by atoms with Crippen molar-refractivity contribution in [3.63, 3.8) is 0 Å². The van der Waals surface area contributed by atoms with Crippen LogP contribution in [0.2, 0.25) is 5.02 Å². The van der Waals surface area contributed by atoms with Gasteiger partial charge in [-0.25, -0.2) is 9.37 Å². The second-order valence-corrected chi connectivity index (χ2v) is 7.34. The number of aromatic nitrogens is 1. The van der Waals surface area contributed by atoms with Crippen LogP contribution in [0.3, 0.4) is 0 Å². The van der Waals surface area contributed by atoms with Crippen LogP contribution in [0.15, 0.2) is 48.5 Å². The van der Waals surface area contributed by atoms with Gasteiger partial charge < -0.3 is 10.1 Å². The van der Waals surface area contributed by atoms with E-state index in [1.54, 1.807) is 37.3 Å². The normalized spacial score (nSPS) is 11.5. The highest BCUT2D eigenvalue weighted by Crippen LogP contribution is 2.23. The molecule has 3 aromatic rings. The Morgan fingerprint density at radius 2 is 2.04 bits per heavy atom. The summed E-state index contributed by atoms with van der Waals surface area (Å²) >= 11 is 7.00. The van der Waals surface area contributed by atoms with E-state index in [4.69, 9.17) is 16.3 Å². The zero-order chi connectivity index (χ0) is 20.1. The fourth-order valence-electron chi connectivity index (χ4n) is 2.49. The Labute approximate surface area is 170 Å². The number of benzene rings is 2. The Bertz CT molecular complexity index is 1030. The van der Waals surface area contributed by atoms with Crippen LogP contribution in [0.25, 0.3) is 0 Å². The second-order valence-electron chi connectivity index (χ2n) is 5.82. The van der Waals surface area contributed by atoms with Gasteiger partial charge in [-0.1, -0.05) is 29.8 Å². The van der Waals surface area contributed by atoms with Crippen LogP contribution in [0.1, 0.15) is 32.0 Å². The van der Waals surface area contributed by atoms with Gasteiger partial charge in [0.25, 0.3) is 5.91 Å². The summed E-state index contributed by atoms with van der Waals surface area (Å²) in [5, 5.41) is 13.1. The molecule has 0 aliphatic heterocycles. The van der Waals surface area contributed by atoms with Gasteiger partial charge in [0, 0.05) is 10.6 Å². The number of hydrogen-bond donors (Lipinski definition) is 1. The van der Waals surface area contributed by atoms with E-state index >= 15 is 0 Å². The van der Waals surface area contributed by atoms with E-state index in [-0.39, 0.29) is 12.2 Å². The lowest BCUT2D eigenvalue weighted by Gasteiger charge is -2.12. The molecule has 0 aliphatic carbocycles. The number of halogens is 2. The van der Waals surface area contributed by atoms with Crippen molar-refractivity contribution in [2.75, 3.05) is 0 Å². The van der Waals surface area contributed by atoms with Gasteiger partial charge in [-0.05, 0) is 37.3 Å². The molecule has 1 unspecified atom stereocenters. The molecular weight excluding hydrogens is 401 g/mol. The Balaban J connectivity index is 1.69. The standard InChI is InChI=1S/C20H15ClFN3O2S/c1-12-19(20(26)25-17(10-23)15-4-2-3-5-16(15)22)28-18(24-12)11-27-14-8-6-13(21)7-9-14/h2-9,17H,11H2,1H3,(H,25,26). The van der Waals surface area contributed by atoms with Crippen molar-refractivity contribution < 1.29 is 13.9 Å². The van der Waals surface area contributed by atoms with Crippen molar-refractivity contribution in [3.05, 3.63) is 80.5 Å².